The van der Waals surface area contributed by atoms with Gasteiger partial charge in [0.05, 0.1) is 10.6 Å². The van der Waals surface area contributed by atoms with Crippen molar-refractivity contribution in [2.45, 2.75) is 0 Å². The first-order chi connectivity index (χ1) is 5.65. The van der Waals surface area contributed by atoms with Gasteiger partial charge in [-0.05, 0) is 6.07 Å². The molecule has 0 amide bonds. The van der Waals surface area contributed by atoms with Crippen molar-refractivity contribution in [3.8, 4) is 6.07 Å². The van der Waals surface area contributed by atoms with Crippen molar-refractivity contribution in [2.75, 3.05) is 0 Å². The fourth-order valence-corrected chi connectivity index (χ4v) is 0.853. The van der Waals surface area contributed by atoms with Crippen LogP contribution in [0.5, 0.6) is 0 Å². The summed E-state index contributed by atoms with van der Waals surface area (Å²) in [6.07, 6.45) is 1.19. The van der Waals surface area contributed by atoms with Gasteiger partial charge >= 0.3 is 5.97 Å². The molecule has 4 nitrogen and oxygen atoms in total. The smallest absolute Gasteiger partial charge is 0.355 e. The lowest BCUT2D eigenvalue weighted by Gasteiger charge is -1.95. The van der Waals surface area contributed by atoms with E-state index in [0.29, 0.717) is 0 Å². The Kier molecular flexibility index (Phi) is 2.26. The first-order valence-corrected chi connectivity index (χ1v) is 3.32. The molecule has 0 aromatic carbocycles. The van der Waals surface area contributed by atoms with Gasteiger partial charge in [-0.1, -0.05) is 11.6 Å². The Labute approximate surface area is 73.0 Å². The first kappa shape index (κ1) is 8.50. The van der Waals surface area contributed by atoms with E-state index in [1.54, 1.807) is 6.07 Å². The Morgan fingerprint density at radius 3 is 2.92 bits per heavy atom. The van der Waals surface area contributed by atoms with Crippen molar-refractivity contribution in [1.82, 2.24) is 4.98 Å². The summed E-state index contributed by atoms with van der Waals surface area (Å²) in [5.41, 5.74) is -0.308. The minimum absolute atomic E-state index is 0.0324. The van der Waals surface area contributed by atoms with E-state index in [1.807, 2.05) is 0 Å². The molecule has 0 aliphatic carbocycles. The molecular formula is C7H3ClN2O2. The Morgan fingerprint density at radius 1 is 1.75 bits per heavy atom. The van der Waals surface area contributed by atoms with E-state index in [-0.39, 0.29) is 16.3 Å². The predicted octanol–water partition coefficient (Wildman–Crippen LogP) is 1.30. The van der Waals surface area contributed by atoms with Gasteiger partial charge in [0.2, 0.25) is 0 Å². The Balaban J connectivity index is 3.32. The summed E-state index contributed by atoms with van der Waals surface area (Å²) in [7, 11) is 0. The highest BCUT2D eigenvalue weighted by Gasteiger charge is 2.11. The highest BCUT2D eigenvalue weighted by molar-refractivity contribution is 6.30. The number of halogens is 1. The van der Waals surface area contributed by atoms with Crippen molar-refractivity contribution in [1.29, 1.82) is 5.26 Å². The summed E-state index contributed by atoms with van der Waals surface area (Å²) in [4.78, 5) is 13.9. The van der Waals surface area contributed by atoms with Crippen molar-refractivity contribution in [2.24, 2.45) is 0 Å². The van der Waals surface area contributed by atoms with E-state index in [1.165, 1.54) is 12.3 Å². The van der Waals surface area contributed by atoms with Crippen molar-refractivity contribution < 1.29 is 9.90 Å². The van der Waals surface area contributed by atoms with Crippen LogP contribution < -0.4 is 0 Å². The third-order valence-corrected chi connectivity index (χ3v) is 1.38. The standard InChI is InChI=1S/C7H3ClN2O2/c8-5-1-4(2-9)6(7(11)12)10-3-5/h1,3H,(H,11,12). The molecule has 0 aliphatic heterocycles. The van der Waals surface area contributed by atoms with E-state index in [2.05, 4.69) is 4.98 Å². The third kappa shape index (κ3) is 1.52. The number of hydrogen-bond donors (Lipinski definition) is 1. The number of nitrogens with zero attached hydrogens (tertiary/aromatic N) is 2. The summed E-state index contributed by atoms with van der Waals surface area (Å²) in [6, 6.07) is 2.95. The van der Waals surface area contributed by atoms with Crippen LogP contribution in [0.15, 0.2) is 12.3 Å². The van der Waals surface area contributed by atoms with Crippen molar-refractivity contribution in [3.05, 3.63) is 28.5 Å². The van der Waals surface area contributed by atoms with Gasteiger partial charge in [0, 0.05) is 6.20 Å². The second kappa shape index (κ2) is 3.20. The van der Waals surface area contributed by atoms with E-state index in [0.717, 1.165) is 0 Å². The monoisotopic (exact) mass is 182 g/mol. The highest BCUT2D eigenvalue weighted by Crippen LogP contribution is 2.11. The number of carboxylic acids is 1. The lowest BCUT2D eigenvalue weighted by atomic mass is 10.2. The number of aromatic nitrogens is 1. The molecule has 0 unspecified atom stereocenters. The molecule has 0 saturated carbocycles. The van der Waals surface area contributed by atoms with Crippen LogP contribution in [0, 0.1) is 11.3 Å². The lowest BCUT2D eigenvalue weighted by Crippen LogP contribution is -2.03. The average molecular weight is 183 g/mol. The van der Waals surface area contributed by atoms with Crippen LogP contribution in [0.1, 0.15) is 16.1 Å². The molecule has 1 aromatic heterocycles. The summed E-state index contributed by atoms with van der Waals surface area (Å²) in [5.74, 6) is -1.23. The minimum atomic E-state index is -1.23. The van der Waals surface area contributed by atoms with Gasteiger partial charge in [-0.2, -0.15) is 5.26 Å². The zero-order valence-corrected chi connectivity index (χ0v) is 6.54. The van der Waals surface area contributed by atoms with Crippen LogP contribution in [-0.2, 0) is 0 Å². The number of pyridine rings is 1. The second-order valence-corrected chi connectivity index (χ2v) is 2.40. The molecule has 0 aliphatic rings. The van der Waals surface area contributed by atoms with Gasteiger partial charge in [-0.15, -0.1) is 0 Å². The first-order valence-electron chi connectivity index (χ1n) is 2.94. The molecule has 1 rings (SSSR count). The molecule has 0 bridgehead atoms. The van der Waals surface area contributed by atoms with Crippen LogP contribution in [0.3, 0.4) is 0 Å². The van der Waals surface area contributed by atoms with Gasteiger partial charge in [0.1, 0.15) is 6.07 Å². The third-order valence-electron chi connectivity index (χ3n) is 1.18. The van der Waals surface area contributed by atoms with Crippen molar-refractivity contribution in [3.63, 3.8) is 0 Å². The normalized spacial score (nSPS) is 9.00. The maximum Gasteiger partial charge on any atom is 0.355 e. The lowest BCUT2D eigenvalue weighted by molar-refractivity contribution is 0.0690. The number of hydrogen-bond acceptors (Lipinski definition) is 3. The zero-order valence-electron chi connectivity index (χ0n) is 5.78. The molecule has 1 N–H and O–H groups in total. The Hall–Kier alpha value is -1.60. The number of nitriles is 1. The molecule has 0 spiro atoms. The summed E-state index contributed by atoms with van der Waals surface area (Å²) in [6.45, 7) is 0. The van der Waals surface area contributed by atoms with Crippen LogP contribution >= 0.6 is 11.6 Å². The molecule has 0 saturated heterocycles. The molecule has 0 atom stereocenters. The fraction of sp³-hybridized carbons (Fsp3) is 0. The molecule has 1 aromatic rings. The maximum absolute atomic E-state index is 10.4. The van der Waals surface area contributed by atoms with Crippen LogP contribution in [-0.4, -0.2) is 16.1 Å². The van der Waals surface area contributed by atoms with E-state index < -0.39 is 5.97 Å². The molecule has 5 heteroatoms. The fourth-order valence-electron chi connectivity index (χ4n) is 0.695. The average Bonchev–Trinajstić information content (AvgIpc) is 2.03. The SMILES string of the molecule is N#Cc1cc(Cl)cnc1C(=O)O. The number of carboxylic acid groups (broad SMARTS) is 1. The van der Waals surface area contributed by atoms with Gasteiger partial charge in [0.15, 0.2) is 5.69 Å². The molecule has 0 fully saturated rings. The van der Waals surface area contributed by atoms with Crippen LogP contribution in [0.4, 0.5) is 0 Å². The molecule has 0 radical (unpaired) electrons. The van der Waals surface area contributed by atoms with Gasteiger partial charge in [-0.25, -0.2) is 9.78 Å². The topological polar surface area (TPSA) is 74.0 Å². The zero-order chi connectivity index (χ0) is 9.14. The van der Waals surface area contributed by atoms with Crippen LogP contribution in [0.2, 0.25) is 5.02 Å². The van der Waals surface area contributed by atoms with Gasteiger partial charge < -0.3 is 5.11 Å². The van der Waals surface area contributed by atoms with Gasteiger partial charge in [-0.3, -0.25) is 0 Å². The molecular weight excluding hydrogens is 180 g/mol. The Morgan fingerprint density at radius 2 is 2.42 bits per heavy atom. The summed E-state index contributed by atoms with van der Waals surface area (Å²) < 4.78 is 0. The van der Waals surface area contributed by atoms with E-state index >= 15 is 0 Å². The number of aromatic carboxylic acids is 1. The molecule has 1 heterocycles. The van der Waals surface area contributed by atoms with Crippen molar-refractivity contribution >= 4 is 17.6 Å². The quantitative estimate of drug-likeness (QED) is 0.711. The molecule has 60 valence electrons. The van der Waals surface area contributed by atoms with E-state index in [4.69, 9.17) is 22.0 Å². The maximum atomic E-state index is 10.4. The van der Waals surface area contributed by atoms with Crippen LogP contribution in [0.25, 0.3) is 0 Å². The summed E-state index contributed by atoms with van der Waals surface area (Å²) >= 11 is 5.49. The summed E-state index contributed by atoms with van der Waals surface area (Å²) in [5, 5.41) is 17.3. The number of carbonyl (C=O) groups is 1. The highest BCUT2D eigenvalue weighted by atomic mass is 35.5. The van der Waals surface area contributed by atoms with Gasteiger partial charge in [0.25, 0.3) is 0 Å². The largest absolute Gasteiger partial charge is 0.476 e. The number of rotatable bonds is 1. The Bertz CT molecular complexity index is 370. The molecule has 12 heavy (non-hydrogen) atoms. The predicted molar refractivity (Wildman–Crippen MR) is 40.9 cm³/mol. The second-order valence-electron chi connectivity index (χ2n) is 1.97. The van der Waals surface area contributed by atoms with E-state index in [9.17, 15) is 4.79 Å². The minimum Gasteiger partial charge on any atom is -0.476 e.